The zero-order chi connectivity index (χ0) is 22.8. The van der Waals surface area contributed by atoms with Crippen LogP contribution in [0.5, 0.6) is 0 Å². The first-order valence-corrected chi connectivity index (χ1v) is 10.5. The number of nitrogens with one attached hydrogen (secondary N) is 2. The van der Waals surface area contributed by atoms with E-state index in [1.807, 2.05) is 24.3 Å². The maximum atomic E-state index is 14.3. The molecule has 0 aliphatic carbocycles. The summed E-state index contributed by atoms with van der Waals surface area (Å²) < 4.78 is 29.3. The van der Waals surface area contributed by atoms with E-state index < -0.39 is 23.6 Å². The van der Waals surface area contributed by atoms with Gasteiger partial charge in [0, 0.05) is 37.7 Å². The molecule has 2 aromatic carbocycles. The van der Waals surface area contributed by atoms with Gasteiger partial charge in [-0.05, 0) is 31.0 Å². The fourth-order valence-electron chi connectivity index (χ4n) is 4.38. The first-order chi connectivity index (χ1) is 15.3. The number of H-pyrrole nitrogens is 1. The number of halogens is 2. The molecular weight excluding hydrogens is 418 g/mol. The molecular formula is C23H24F2N4O3. The van der Waals surface area contributed by atoms with Gasteiger partial charge < -0.3 is 15.2 Å². The summed E-state index contributed by atoms with van der Waals surface area (Å²) in [4.78, 5) is 41.5. The number of para-hydroxylation sites is 2. The number of rotatable bonds is 5. The summed E-state index contributed by atoms with van der Waals surface area (Å²) in [6, 6.07) is 9.62. The Morgan fingerprint density at radius 2 is 1.88 bits per heavy atom. The molecule has 32 heavy (non-hydrogen) atoms. The molecule has 1 fully saturated rings. The molecule has 0 spiro atoms. The summed E-state index contributed by atoms with van der Waals surface area (Å²) in [5.74, 6) is -2.19. The van der Waals surface area contributed by atoms with Gasteiger partial charge in [-0.3, -0.25) is 14.2 Å². The van der Waals surface area contributed by atoms with E-state index >= 15 is 0 Å². The van der Waals surface area contributed by atoms with Crippen LogP contribution in [0.4, 0.5) is 8.78 Å². The highest BCUT2D eigenvalue weighted by atomic mass is 19.1. The lowest BCUT2D eigenvalue weighted by molar-refractivity contribution is -0.133. The molecule has 1 saturated heterocycles. The topological polar surface area (TPSA) is 87.2 Å². The highest BCUT2D eigenvalue weighted by molar-refractivity contribution is 5.79. The minimum Gasteiger partial charge on any atom is -0.349 e. The van der Waals surface area contributed by atoms with Gasteiger partial charge in [0.25, 0.3) is 0 Å². The van der Waals surface area contributed by atoms with Crippen LogP contribution in [0.1, 0.15) is 43.8 Å². The van der Waals surface area contributed by atoms with Crippen LogP contribution in [0, 0.1) is 11.6 Å². The zero-order valence-electron chi connectivity index (χ0n) is 17.6. The van der Waals surface area contributed by atoms with Gasteiger partial charge in [0.15, 0.2) is 0 Å². The summed E-state index contributed by atoms with van der Waals surface area (Å²) in [5.41, 5.74) is 1.50. The SMILES string of the molecule is CC(=O)NC(CC(=O)N1CCC(n2c(=O)[nH]c3ccccc32)CC1)c1ccc(F)cc1F. The van der Waals surface area contributed by atoms with Crippen LogP contribution >= 0.6 is 0 Å². The van der Waals surface area contributed by atoms with Crippen molar-refractivity contribution in [2.45, 2.75) is 38.3 Å². The van der Waals surface area contributed by atoms with E-state index in [4.69, 9.17) is 0 Å². The number of carbonyl (C=O) groups is 2. The Morgan fingerprint density at radius 1 is 1.16 bits per heavy atom. The number of nitrogens with zero attached hydrogens (tertiary/aromatic N) is 2. The monoisotopic (exact) mass is 442 g/mol. The smallest absolute Gasteiger partial charge is 0.326 e. The zero-order valence-corrected chi connectivity index (χ0v) is 17.6. The van der Waals surface area contributed by atoms with Gasteiger partial charge in [0.2, 0.25) is 11.8 Å². The van der Waals surface area contributed by atoms with Crippen LogP contribution in [-0.4, -0.2) is 39.4 Å². The molecule has 0 saturated carbocycles. The van der Waals surface area contributed by atoms with Crippen molar-refractivity contribution in [2.75, 3.05) is 13.1 Å². The number of piperidine rings is 1. The van der Waals surface area contributed by atoms with Crippen molar-refractivity contribution < 1.29 is 18.4 Å². The predicted octanol–water partition coefficient (Wildman–Crippen LogP) is 3.04. The summed E-state index contributed by atoms with van der Waals surface area (Å²) in [7, 11) is 0. The van der Waals surface area contributed by atoms with Gasteiger partial charge in [-0.25, -0.2) is 13.6 Å². The first-order valence-electron chi connectivity index (χ1n) is 10.5. The minimum absolute atomic E-state index is 0.0385. The van der Waals surface area contributed by atoms with Crippen LogP contribution in [-0.2, 0) is 9.59 Å². The summed E-state index contributed by atoms with van der Waals surface area (Å²) in [6.07, 6.45) is 1.06. The van der Waals surface area contributed by atoms with Gasteiger partial charge in [-0.2, -0.15) is 0 Å². The number of aromatic amines is 1. The molecule has 0 radical (unpaired) electrons. The standard InChI is InChI=1S/C23H24F2N4O3/c1-14(30)26-20(17-7-6-15(24)12-18(17)25)13-22(31)28-10-8-16(9-11-28)29-21-5-3-2-4-19(21)27-23(29)32/h2-7,12,16,20H,8-11,13H2,1H3,(H,26,30)(H,27,32). The van der Waals surface area contributed by atoms with Gasteiger partial charge in [-0.15, -0.1) is 0 Å². The number of hydrogen-bond donors (Lipinski definition) is 2. The van der Waals surface area contributed by atoms with E-state index in [-0.39, 0.29) is 29.6 Å². The van der Waals surface area contributed by atoms with Crippen molar-refractivity contribution in [1.82, 2.24) is 19.8 Å². The highest BCUT2D eigenvalue weighted by Crippen LogP contribution is 2.27. The van der Waals surface area contributed by atoms with Gasteiger partial charge >= 0.3 is 5.69 Å². The molecule has 1 unspecified atom stereocenters. The molecule has 2 amide bonds. The van der Waals surface area contributed by atoms with Gasteiger partial charge in [0.05, 0.1) is 23.5 Å². The molecule has 4 rings (SSSR count). The highest BCUT2D eigenvalue weighted by Gasteiger charge is 2.28. The summed E-state index contributed by atoms with van der Waals surface area (Å²) in [6.45, 7) is 2.16. The van der Waals surface area contributed by atoms with E-state index in [2.05, 4.69) is 10.3 Å². The minimum atomic E-state index is -0.894. The Balaban J connectivity index is 1.45. The maximum Gasteiger partial charge on any atom is 0.326 e. The average Bonchev–Trinajstić information content (AvgIpc) is 3.08. The van der Waals surface area contributed by atoms with E-state index in [1.165, 1.54) is 13.0 Å². The normalized spacial score (nSPS) is 15.7. The molecule has 9 heteroatoms. The molecule has 2 N–H and O–H groups in total. The Bertz CT molecular complexity index is 1210. The fourth-order valence-corrected chi connectivity index (χ4v) is 4.38. The van der Waals surface area contributed by atoms with E-state index in [1.54, 1.807) is 9.47 Å². The van der Waals surface area contributed by atoms with E-state index in [0.29, 0.717) is 25.9 Å². The molecule has 0 bridgehead atoms. The quantitative estimate of drug-likeness (QED) is 0.637. The van der Waals surface area contributed by atoms with E-state index in [9.17, 15) is 23.2 Å². The number of fused-ring (bicyclic) bond motifs is 1. The van der Waals surface area contributed by atoms with Crippen molar-refractivity contribution in [3.8, 4) is 0 Å². The molecule has 7 nitrogen and oxygen atoms in total. The molecule has 168 valence electrons. The lowest BCUT2D eigenvalue weighted by Crippen LogP contribution is -2.42. The second-order valence-electron chi connectivity index (χ2n) is 8.05. The number of hydrogen-bond acceptors (Lipinski definition) is 3. The second kappa shape index (κ2) is 8.94. The lowest BCUT2D eigenvalue weighted by Gasteiger charge is -2.33. The molecule has 3 aromatic rings. The third-order valence-electron chi connectivity index (χ3n) is 5.90. The van der Waals surface area contributed by atoms with Gasteiger partial charge in [0.1, 0.15) is 11.6 Å². The Hall–Kier alpha value is -3.49. The third-order valence-corrected chi connectivity index (χ3v) is 5.90. The Morgan fingerprint density at radius 3 is 2.56 bits per heavy atom. The van der Waals surface area contributed by atoms with Crippen LogP contribution in [0.25, 0.3) is 11.0 Å². The number of aromatic nitrogens is 2. The van der Waals surface area contributed by atoms with Crippen molar-refractivity contribution in [3.05, 3.63) is 70.1 Å². The number of amides is 2. The molecule has 1 aliphatic rings. The summed E-state index contributed by atoms with van der Waals surface area (Å²) >= 11 is 0. The number of imidazole rings is 1. The second-order valence-corrected chi connectivity index (χ2v) is 8.05. The lowest BCUT2D eigenvalue weighted by atomic mass is 10.00. The molecule has 1 atom stereocenters. The van der Waals surface area contributed by atoms with Crippen molar-refractivity contribution in [1.29, 1.82) is 0 Å². The number of benzene rings is 2. The molecule has 1 aromatic heterocycles. The Labute approximate surface area is 183 Å². The van der Waals surface area contributed by atoms with E-state index in [0.717, 1.165) is 23.2 Å². The van der Waals surface area contributed by atoms with Crippen LogP contribution < -0.4 is 11.0 Å². The average molecular weight is 442 g/mol. The third kappa shape index (κ3) is 4.42. The van der Waals surface area contributed by atoms with Crippen LogP contribution in [0.2, 0.25) is 0 Å². The maximum absolute atomic E-state index is 14.3. The largest absolute Gasteiger partial charge is 0.349 e. The molecule has 2 heterocycles. The van der Waals surface area contributed by atoms with Gasteiger partial charge in [-0.1, -0.05) is 18.2 Å². The number of carbonyl (C=O) groups excluding carboxylic acids is 2. The van der Waals surface area contributed by atoms with Crippen LogP contribution in [0.3, 0.4) is 0 Å². The fraction of sp³-hybridized carbons (Fsp3) is 0.348. The van der Waals surface area contributed by atoms with Crippen LogP contribution in [0.15, 0.2) is 47.3 Å². The predicted molar refractivity (Wildman–Crippen MR) is 115 cm³/mol. The Kier molecular flexibility index (Phi) is 6.07. The van der Waals surface area contributed by atoms with Crippen molar-refractivity contribution in [2.24, 2.45) is 0 Å². The first kappa shape index (κ1) is 21.7. The number of likely N-dealkylation sites (tertiary alicyclic amines) is 1. The summed E-state index contributed by atoms with van der Waals surface area (Å²) in [5, 5.41) is 2.59. The molecule has 1 aliphatic heterocycles. The van der Waals surface area contributed by atoms with Crippen molar-refractivity contribution in [3.63, 3.8) is 0 Å². The van der Waals surface area contributed by atoms with Crippen molar-refractivity contribution >= 4 is 22.8 Å².